The normalized spacial score (nSPS) is 17.3. The van der Waals surface area contributed by atoms with Gasteiger partial charge in [0, 0.05) is 22.3 Å². The van der Waals surface area contributed by atoms with E-state index in [1.165, 1.54) is 0 Å². The maximum Gasteiger partial charge on any atom is 0.306 e. The number of amides is 1. The van der Waals surface area contributed by atoms with E-state index in [2.05, 4.69) is 27.9 Å². The number of carbonyl (C=O) groups is 2. The third-order valence-electron chi connectivity index (χ3n) is 3.56. The molecule has 1 heterocycles. The Labute approximate surface area is 131 Å². The minimum absolute atomic E-state index is 0.0616. The van der Waals surface area contributed by atoms with Crippen molar-refractivity contribution >= 4 is 40.2 Å². The quantitative estimate of drug-likeness (QED) is 0.756. The average molecular weight is 388 g/mol. The fourth-order valence-electron chi connectivity index (χ4n) is 2.23. The van der Waals surface area contributed by atoms with Gasteiger partial charge in [-0.15, -0.1) is 0 Å². The molecule has 0 bridgehead atoms. The second-order valence-corrected chi connectivity index (χ2v) is 6.39. The van der Waals surface area contributed by atoms with Crippen molar-refractivity contribution in [3.63, 3.8) is 0 Å². The zero-order valence-electron chi connectivity index (χ0n) is 11.2. The molecule has 0 aromatic heterocycles. The first kappa shape index (κ1) is 15.2. The minimum atomic E-state index is -0.766. The summed E-state index contributed by atoms with van der Waals surface area (Å²) >= 11 is 2.19. The lowest BCUT2D eigenvalue weighted by atomic mass is 9.87. The van der Waals surface area contributed by atoms with Gasteiger partial charge in [-0.1, -0.05) is 13.0 Å². The largest absolute Gasteiger partial charge is 0.481 e. The Morgan fingerprint density at radius 1 is 1.50 bits per heavy atom. The van der Waals surface area contributed by atoms with Crippen molar-refractivity contribution in [3.8, 4) is 0 Å². The average Bonchev–Trinajstić information content (AvgIpc) is 2.32. The van der Waals surface area contributed by atoms with Crippen LogP contribution in [0.25, 0.3) is 0 Å². The van der Waals surface area contributed by atoms with Crippen LogP contribution in [0.2, 0.25) is 0 Å². The molecule has 2 rings (SSSR count). The third-order valence-corrected chi connectivity index (χ3v) is 4.23. The summed E-state index contributed by atoms with van der Waals surface area (Å²) in [5, 5.41) is 11.8. The molecule has 1 unspecified atom stereocenters. The highest BCUT2D eigenvalue weighted by molar-refractivity contribution is 14.1. The van der Waals surface area contributed by atoms with Crippen LogP contribution in [-0.2, 0) is 9.59 Å². The Morgan fingerprint density at radius 3 is 2.80 bits per heavy atom. The molecule has 1 aromatic carbocycles. The van der Waals surface area contributed by atoms with Gasteiger partial charge in [-0.05, 0) is 46.7 Å². The Balaban J connectivity index is 1.76. The summed E-state index contributed by atoms with van der Waals surface area (Å²) in [6, 6.07) is 7.62. The number of carbonyl (C=O) groups excluding carboxylic acids is 1. The van der Waals surface area contributed by atoms with E-state index in [9.17, 15) is 9.59 Å². The standard InChI is InChI=1S/C14H17IN2O3/c1-9(14(19)20)10-6-17(7-10)8-13(18)16-12-4-2-3-11(15)5-12/h2-5,9-10H,6-8H2,1H3,(H,16,18)(H,19,20). The molecule has 1 saturated heterocycles. The predicted molar refractivity (Wildman–Crippen MR) is 84.5 cm³/mol. The second-order valence-electron chi connectivity index (χ2n) is 5.14. The number of benzene rings is 1. The van der Waals surface area contributed by atoms with E-state index in [0.29, 0.717) is 19.6 Å². The van der Waals surface area contributed by atoms with Crippen molar-refractivity contribution < 1.29 is 14.7 Å². The molecule has 2 N–H and O–H groups in total. The third kappa shape index (κ3) is 3.92. The molecule has 1 aliphatic rings. The molecule has 5 nitrogen and oxygen atoms in total. The molecule has 6 heteroatoms. The number of aliphatic carboxylic acids is 1. The minimum Gasteiger partial charge on any atom is -0.481 e. The van der Waals surface area contributed by atoms with E-state index in [4.69, 9.17) is 5.11 Å². The van der Waals surface area contributed by atoms with Gasteiger partial charge in [0.1, 0.15) is 0 Å². The molecule has 20 heavy (non-hydrogen) atoms. The van der Waals surface area contributed by atoms with Crippen LogP contribution in [-0.4, -0.2) is 41.5 Å². The van der Waals surface area contributed by atoms with Crippen molar-refractivity contribution in [2.75, 3.05) is 25.0 Å². The molecule has 0 spiro atoms. The molecule has 0 radical (unpaired) electrons. The monoisotopic (exact) mass is 388 g/mol. The Bertz CT molecular complexity index is 515. The maximum absolute atomic E-state index is 11.9. The summed E-state index contributed by atoms with van der Waals surface area (Å²) in [6.07, 6.45) is 0. The van der Waals surface area contributed by atoms with Crippen molar-refractivity contribution in [2.24, 2.45) is 11.8 Å². The second kappa shape index (κ2) is 6.53. The van der Waals surface area contributed by atoms with Crippen LogP contribution in [0.4, 0.5) is 5.69 Å². The fourth-order valence-corrected chi connectivity index (χ4v) is 2.77. The van der Waals surface area contributed by atoms with Gasteiger partial charge in [-0.2, -0.15) is 0 Å². The lowest BCUT2D eigenvalue weighted by Gasteiger charge is -2.40. The highest BCUT2D eigenvalue weighted by Gasteiger charge is 2.35. The number of nitrogens with zero attached hydrogens (tertiary/aromatic N) is 1. The smallest absolute Gasteiger partial charge is 0.306 e. The van der Waals surface area contributed by atoms with Crippen LogP contribution in [0.5, 0.6) is 0 Å². The molecule has 1 fully saturated rings. The Kier molecular flexibility index (Phi) is 4.98. The first-order chi connectivity index (χ1) is 9.45. The van der Waals surface area contributed by atoms with Crippen LogP contribution in [0, 0.1) is 15.4 Å². The highest BCUT2D eigenvalue weighted by Crippen LogP contribution is 2.23. The molecular formula is C14H17IN2O3. The Hall–Kier alpha value is -1.15. The zero-order valence-corrected chi connectivity index (χ0v) is 13.3. The predicted octanol–water partition coefficient (Wildman–Crippen LogP) is 1.88. The van der Waals surface area contributed by atoms with Gasteiger partial charge in [0.05, 0.1) is 12.5 Å². The summed E-state index contributed by atoms with van der Waals surface area (Å²) in [5.41, 5.74) is 0.790. The highest BCUT2D eigenvalue weighted by atomic mass is 127. The molecule has 1 atom stereocenters. The van der Waals surface area contributed by atoms with Crippen LogP contribution < -0.4 is 5.32 Å². The van der Waals surface area contributed by atoms with E-state index < -0.39 is 5.97 Å². The number of anilines is 1. The number of hydrogen-bond donors (Lipinski definition) is 2. The molecule has 0 aliphatic carbocycles. The lowest BCUT2D eigenvalue weighted by molar-refractivity contribution is -0.145. The van der Waals surface area contributed by atoms with Crippen LogP contribution in [0.3, 0.4) is 0 Å². The first-order valence-electron chi connectivity index (χ1n) is 6.46. The van der Waals surface area contributed by atoms with E-state index in [1.807, 2.05) is 29.2 Å². The van der Waals surface area contributed by atoms with E-state index >= 15 is 0 Å². The Morgan fingerprint density at radius 2 is 2.20 bits per heavy atom. The van der Waals surface area contributed by atoms with Gasteiger partial charge in [-0.25, -0.2) is 0 Å². The fraction of sp³-hybridized carbons (Fsp3) is 0.429. The first-order valence-corrected chi connectivity index (χ1v) is 7.54. The summed E-state index contributed by atoms with van der Waals surface area (Å²) in [7, 11) is 0. The zero-order chi connectivity index (χ0) is 14.7. The van der Waals surface area contributed by atoms with Gasteiger partial charge in [0.25, 0.3) is 0 Å². The molecule has 1 amide bonds. The summed E-state index contributed by atoms with van der Waals surface area (Å²) < 4.78 is 1.07. The summed E-state index contributed by atoms with van der Waals surface area (Å²) in [5.74, 6) is -1.02. The number of hydrogen-bond acceptors (Lipinski definition) is 3. The van der Waals surface area contributed by atoms with Crippen LogP contribution >= 0.6 is 22.6 Å². The van der Waals surface area contributed by atoms with E-state index in [-0.39, 0.29) is 17.7 Å². The number of halogens is 1. The van der Waals surface area contributed by atoms with E-state index in [0.717, 1.165) is 9.26 Å². The molecule has 108 valence electrons. The topological polar surface area (TPSA) is 69.6 Å². The SMILES string of the molecule is CC(C(=O)O)C1CN(CC(=O)Nc2cccc(I)c2)C1. The van der Waals surface area contributed by atoms with Gasteiger partial charge in [-0.3, -0.25) is 14.5 Å². The molecular weight excluding hydrogens is 371 g/mol. The summed E-state index contributed by atoms with van der Waals surface area (Å²) in [4.78, 5) is 24.7. The van der Waals surface area contributed by atoms with Crippen LogP contribution in [0.1, 0.15) is 6.92 Å². The van der Waals surface area contributed by atoms with Crippen LogP contribution in [0.15, 0.2) is 24.3 Å². The van der Waals surface area contributed by atoms with Crippen molar-refractivity contribution in [2.45, 2.75) is 6.92 Å². The van der Waals surface area contributed by atoms with Crippen molar-refractivity contribution in [1.29, 1.82) is 0 Å². The van der Waals surface area contributed by atoms with Crippen molar-refractivity contribution in [3.05, 3.63) is 27.8 Å². The van der Waals surface area contributed by atoms with Gasteiger partial charge in [0.2, 0.25) is 5.91 Å². The number of likely N-dealkylation sites (tertiary alicyclic amines) is 1. The molecule has 0 saturated carbocycles. The van der Waals surface area contributed by atoms with Gasteiger partial charge < -0.3 is 10.4 Å². The number of carboxylic acids is 1. The number of rotatable bonds is 5. The number of nitrogens with one attached hydrogen (secondary N) is 1. The van der Waals surface area contributed by atoms with Crippen molar-refractivity contribution in [1.82, 2.24) is 4.90 Å². The molecule has 1 aromatic rings. The van der Waals surface area contributed by atoms with E-state index in [1.54, 1.807) is 6.92 Å². The summed E-state index contributed by atoms with van der Waals surface area (Å²) in [6.45, 7) is 3.38. The van der Waals surface area contributed by atoms with Gasteiger partial charge in [0.15, 0.2) is 0 Å². The maximum atomic E-state index is 11.9. The lowest BCUT2D eigenvalue weighted by Crippen LogP contribution is -2.53. The van der Waals surface area contributed by atoms with Gasteiger partial charge >= 0.3 is 5.97 Å². The number of carboxylic acid groups (broad SMARTS) is 1. The molecule has 1 aliphatic heterocycles.